The van der Waals surface area contributed by atoms with Gasteiger partial charge in [0.1, 0.15) is 11.3 Å². The Morgan fingerprint density at radius 2 is 2.04 bits per heavy atom. The average Bonchev–Trinajstić information content (AvgIpc) is 2.63. The fraction of sp³-hybridized carbons (Fsp3) is 0.529. The summed E-state index contributed by atoms with van der Waals surface area (Å²) in [5.41, 5.74) is 1.33. The van der Waals surface area contributed by atoms with E-state index in [-0.39, 0.29) is 0 Å². The number of guanidine groups is 1. The van der Waals surface area contributed by atoms with E-state index in [1.807, 2.05) is 13.0 Å². The van der Waals surface area contributed by atoms with E-state index in [9.17, 15) is 4.79 Å². The summed E-state index contributed by atoms with van der Waals surface area (Å²) >= 11 is 0. The molecular formula is C17H27N3O4. The van der Waals surface area contributed by atoms with Gasteiger partial charge in [0.2, 0.25) is 0 Å². The number of rotatable bonds is 9. The molecule has 0 unspecified atom stereocenters. The molecule has 0 aliphatic carbocycles. The van der Waals surface area contributed by atoms with Gasteiger partial charge in [-0.15, -0.1) is 0 Å². The number of nitrogens with one attached hydrogen (secondary N) is 2. The molecule has 1 rings (SSSR count). The first-order valence-electron chi connectivity index (χ1n) is 7.93. The fourth-order valence-electron chi connectivity index (χ4n) is 2.07. The maximum atomic E-state index is 11.8. The zero-order valence-electron chi connectivity index (χ0n) is 14.8. The third kappa shape index (κ3) is 6.45. The van der Waals surface area contributed by atoms with E-state index in [0.717, 1.165) is 31.7 Å². The van der Waals surface area contributed by atoms with Crippen LogP contribution in [0.15, 0.2) is 23.2 Å². The molecule has 7 heteroatoms. The number of esters is 1. The lowest BCUT2D eigenvalue weighted by Crippen LogP contribution is -2.37. The number of carbonyl (C=O) groups is 1. The molecule has 0 saturated heterocycles. The predicted molar refractivity (Wildman–Crippen MR) is 93.6 cm³/mol. The molecule has 2 N–H and O–H groups in total. The van der Waals surface area contributed by atoms with E-state index in [0.29, 0.717) is 23.8 Å². The molecule has 0 amide bonds. The van der Waals surface area contributed by atoms with Crippen LogP contribution >= 0.6 is 0 Å². The summed E-state index contributed by atoms with van der Waals surface area (Å²) in [6, 6.07) is 5.39. The highest BCUT2D eigenvalue weighted by Crippen LogP contribution is 2.20. The van der Waals surface area contributed by atoms with Gasteiger partial charge in [-0.25, -0.2) is 4.79 Å². The van der Waals surface area contributed by atoms with Gasteiger partial charge in [0, 0.05) is 33.4 Å². The van der Waals surface area contributed by atoms with Gasteiger partial charge in [-0.2, -0.15) is 0 Å². The highest BCUT2D eigenvalue weighted by atomic mass is 16.5. The SMILES string of the molecule is CCOCCCNC(=NC)NCc1ccc(OC)c(C(=O)OC)c1. The van der Waals surface area contributed by atoms with Crippen LogP contribution in [-0.4, -0.2) is 53.0 Å². The number of hydrogen-bond acceptors (Lipinski definition) is 5. The van der Waals surface area contributed by atoms with Crippen LogP contribution in [0.2, 0.25) is 0 Å². The summed E-state index contributed by atoms with van der Waals surface area (Å²) < 4.78 is 15.3. The summed E-state index contributed by atoms with van der Waals surface area (Å²) in [6.07, 6.45) is 0.906. The fourth-order valence-corrected chi connectivity index (χ4v) is 2.07. The number of hydrogen-bond donors (Lipinski definition) is 2. The monoisotopic (exact) mass is 337 g/mol. The lowest BCUT2D eigenvalue weighted by molar-refractivity contribution is 0.0597. The van der Waals surface area contributed by atoms with E-state index in [2.05, 4.69) is 15.6 Å². The maximum Gasteiger partial charge on any atom is 0.341 e. The second-order valence-corrected chi connectivity index (χ2v) is 4.93. The smallest absolute Gasteiger partial charge is 0.341 e. The van der Waals surface area contributed by atoms with Crippen LogP contribution in [0.1, 0.15) is 29.3 Å². The van der Waals surface area contributed by atoms with Crippen LogP contribution in [0, 0.1) is 0 Å². The summed E-state index contributed by atoms with van der Waals surface area (Å²) in [5, 5.41) is 6.42. The number of nitrogens with zero attached hydrogens (tertiary/aromatic N) is 1. The Kier molecular flexibility index (Phi) is 9.29. The average molecular weight is 337 g/mol. The molecule has 0 atom stereocenters. The van der Waals surface area contributed by atoms with Gasteiger partial charge in [-0.1, -0.05) is 6.07 Å². The van der Waals surface area contributed by atoms with Crippen LogP contribution in [0.3, 0.4) is 0 Å². The van der Waals surface area contributed by atoms with E-state index < -0.39 is 5.97 Å². The van der Waals surface area contributed by atoms with Gasteiger partial charge in [0.15, 0.2) is 5.96 Å². The van der Waals surface area contributed by atoms with Crippen molar-refractivity contribution in [2.75, 3.05) is 41.0 Å². The van der Waals surface area contributed by atoms with Gasteiger partial charge < -0.3 is 24.8 Å². The van der Waals surface area contributed by atoms with Crippen molar-refractivity contribution >= 4 is 11.9 Å². The summed E-state index contributed by atoms with van der Waals surface area (Å²) in [6.45, 7) is 4.73. The first-order chi connectivity index (χ1) is 11.7. The number of carbonyl (C=O) groups excluding carboxylic acids is 1. The molecule has 7 nitrogen and oxygen atoms in total. The van der Waals surface area contributed by atoms with Crippen molar-refractivity contribution in [3.63, 3.8) is 0 Å². The normalized spacial score (nSPS) is 11.1. The first kappa shape index (κ1) is 19.8. The Bertz CT molecular complexity index is 547. The first-order valence-corrected chi connectivity index (χ1v) is 7.93. The van der Waals surface area contributed by atoms with E-state index in [4.69, 9.17) is 14.2 Å². The quantitative estimate of drug-likeness (QED) is 0.308. The summed E-state index contributed by atoms with van der Waals surface area (Å²) in [5.74, 6) is 0.762. The maximum absolute atomic E-state index is 11.8. The van der Waals surface area contributed by atoms with Crippen LogP contribution in [0.5, 0.6) is 5.75 Å². The molecule has 1 aromatic carbocycles. The predicted octanol–water partition coefficient (Wildman–Crippen LogP) is 1.57. The lowest BCUT2D eigenvalue weighted by Gasteiger charge is -2.13. The van der Waals surface area contributed by atoms with Crippen LogP contribution in [-0.2, 0) is 16.0 Å². The van der Waals surface area contributed by atoms with Gasteiger partial charge in [0.25, 0.3) is 0 Å². The Morgan fingerprint density at radius 3 is 2.67 bits per heavy atom. The van der Waals surface area contributed by atoms with Gasteiger partial charge in [-0.3, -0.25) is 4.99 Å². The van der Waals surface area contributed by atoms with Gasteiger partial charge >= 0.3 is 5.97 Å². The largest absolute Gasteiger partial charge is 0.496 e. The van der Waals surface area contributed by atoms with E-state index >= 15 is 0 Å². The Hall–Kier alpha value is -2.28. The van der Waals surface area contributed by atoms with Crippen LogP contribution < -0.4 is 15.4 Å². The van der Waals surface area contributed by atoms with Crippen LogP contribution in [0.4, 0.5) is 0 Å². The Labute approximate surface area is 143 Å². The molecule has 0 spiro atoms. The third-order valence-corrected chi connectivity index (χ3v) is 3.31. The standard InChI is InChI=1S/C17H27N3O4/c1-5-24-10-6-9-19-17(18-2)20-12-13-7-8-15(22-3)14(11-13)16(21)23-4/h7-8,11H,5-6,9-10,12H2,1-4H3,(H2,18,19,20). The Balaban J connectivity index is 2.57. The summed E-state index contributed by atoms with van der Waals surface area (Å²) in [4.78, 5) is 16.0. The number of aliphatic imine (C=N–C) groups is 1. The molecule has 0 radical (unpaired) electrons. The third-order valence-electron chi connectivity index (χ3n) is 3.31. The summed E-state index contributed by atoms with van der Waals surface area (Å²) in [7, 11) is 4.58. The zero-order valence-corrected chi connectivity index (χ0v) is 14.8. The molecule has 24 heavy (non-hydrogen) atoms. The second kappa shape index (κ2) is 11.3. The molecule has 0 bridgehead atoms. The van der Waals surface area contributed by atoms with Crippen molar-refractivity contribution < 1.29 is 19.0 Å². The highest BCUT2D eigenvalue weighted by Gasteiger charge is 2.13. The van der Waals surface area contributed by atoms with Crippen molar-refractivity contribution in [3.8, 4) is 5.75 Å². The molecule has 0 heterocycles. The van der Waals surface area contributed by atoms with Crippen molar-refractivity contribution in [2.24, 2.45) is 4.99 Å². The van der Waals surface area contributed by atoms with Crippen molar-refractivity contribution in [1.82, 2.24) is 10.6 Å². The molecule has 0 aliphatic heterocycles. The minimum absolute atomic E-state index is 0.402. The highest BCUT2D eigenvalue weighted by molar-refractivity contribution is 5.92. The minimum Gasteiger partial charge on any atom is -0.496 e. The zero-order chi connectivity index (χ0) is 17.8. The van der Waals surface area contributed by atoms with Crippen LogP contribution in [0.25, 0.3) is 0 Å². The number of ether oxygens (including phenoxy) is 3. The number of benzene rings is 1. The van der Waals surface area contributed by atoms with Gasteiger partial charge in [-0.05, 0) is 31.0 Å². The molecular weight excluding hydrogens is 310 g/mol. The molecule has 0 aromatic heterocycles. The molecule has 0 aliphatic rings. The van der Waals surface area contributed by atoms with Gasteiger partial charge in [0.05, 0.1) is 14.2 Å². The lowest BCUT2D eigenvalue weighted by atomic mass is 10.1. The minimum atomic E-state index is -0.424. The van der Waals surface area contributed by atoms with Crippen molar-refractivity contribution in [3.05, 3.63) is 29.3 Å². The Morgan fingerprint density at radius 1 is 1.25 bits per heavy atom. The topological polar surface area (TPSA) is 81.2 Å². The number of methoxy groups -OCH3 is 2. The van der Waals surface area contributed by atoms with Crippen molar-refractivity contribution in [2.45, 2.75) is 19.9 Å². The molecule has 1 aromatic rings. The molecule has 0 saturated carbocycles. The second-order valence-electron chi connectivity index (χ2n) is 4.93. The van der Waals surface area contributed by atoms with E-state index in [1.54, 1.807) is 19.2 Å². The van der Waals surface area contributed by atoms with Crippen molar-refractivity contribution in [1.29, 1.82) is 0 Å². The molecule has 134 valence electrons. The molecule has 0 fully saturated rings. The van der Waals surface area contributed by atoms with E-state index in [1.165, 1.54) is 14.2 Å².